The molecule has 0 amide bonds. The molecule has 2 heteroatoms. The Kier molecular flexibility index (Phi) is 28.1. The molecule has 0 radical (unpaired) electrons. The lowest BCUT2D eigenvalue weighted by Crippen LogP contribution is -2.05. The molecule has 0 unspecified atom stereocenters. The molecule has 34 heavy (non-hydrogen) atoms. The van der Waals surface area contributed by atoms with Crippen LogP contribution in [0.3, 0.4) is 0 Å². The number of ether oxygens (including phenoxy) is 1. The summed E-state index contributed by atoms with van der Waals surface area (Å²) in [4.78, 5) is 11.8. The Morgan fingerprint density at radius 3 is 1.44 bits per heavy atom. The highest BCUT2D eigenvalue weighted by molar-refractivity contribution is 5.69. The molecule has 196 valence electrons. The maximum absolute atomic E-state index is 11.8. The van der Waals surface area contributed by atoms with Gasteiger partial charge in [0.2, 0.25) is 0 Å². The molecule has 0 spiro atoms. The average Bonchev–Trinajstić information content (AvgIpc) is 2.84. The molecule has 0 bridgehead atoms. The number of allylic oxidation sites excluding steroid dienone is 8. The zero-order chi connectivity index (χ0) is 24.8. The molecule has 0 aromatic heterocycles. The van der Waals surface area contributed by atoms with Crippen LogP contribution >= 0.6 is 0 Å². The zero-order valence-corrected chi connectivity index (χ0v) is 22.8. The van der Waals surface area contributed by atoms with Gasteiger partial charge in [0, 0.05) is 6.42 Å². The van der Waals surface area contributed by atoms with E-state index in [1.54, 1.807) is 0 Å². The van der Waals surface area contributed by atoms with Crippen LogP contribution < -0.4 is 0 Å². The molecule has 0 heterocycles. The summed E-state index contributed by atoms with van der Waals surface area (Å²) in [5.74, 6) is -0.0354. The van der Waals surface area contributed by atoms with E-state index in [0.29, 0.717) is 13.0 Å². The molecule has 0 saturated heterocycles. The van der Waals surface area contributed by atoms with E-state index in [1.807, 2.05) is 0 Å². The van der Waals surface area contributed by atoms with Gasteiger partial charge in [0.1, 0.15) is 0 Å². The SMILES string of the molecule is CCCCCC=CCC=CCC=CCC=CCCCC(=O)OCCCCCCCCCCCC. The van der Waals surface area contributed by atoms with E-state index in [4.69, 9.17) is 4.74 Å². The first-order valence-corrected chi connectivity index (χ1v) is 14.6. The highest BCUT2D eigenvalue weighted by Crippen LogP contribution is 2.10. The summed E-state index contributed by atoms with van der Waals surface area (Å²) in [6.07, 6.45) is 41.4. The van der Waals surface area contributed by atoms with E-state index in [1.165, 1.54) is 83.5 Å². The van der Waals surface area contributed by atoms with Gasteiger partial charge >= 0.3 is 5.97 Å². The first-order chi connectivity index (χ1) is 16.8. The molecule has 0 aliphatic rings. The van der Waals surface area contributed by atoms with E-state index in [2.05, 4.69) is 62.5 Å². The lowest BCUT2D eigenvalue weighted by molar-refractivity contribution is -0.143. The van der Waals surface area contributed by atoms with Crippen molar-refractivity contribution < 1.29 is 9.53 Å². The van der Waals surface area contributed by atoms with E-state index in [-0.39, 0.29) is 5.97 Å². The maximum Gasteiger partial charge on any atom is 0.305 e. The van der Waals surface area contributed by atoms with Gasteiger partial charge in [-0.05, 0) is 51.4 Å². The Bertz CT molecular complexity index is 527. The molecule has 2 nitrogen and oxygen atoms in total. The molecular weight excluding hydrogens is 416 g/mol. The van der Waals surface area contributed by atoms with Gasteiger partial charge in [0.05, 0.1) is 6.61 Å². The van der Waals surface area contributed by atoms with Crippen molar-refractivity contribution in [2.45, 2.75) is 142 Å². The molecule has 0 aliphatic carbocycles. The van der Waals surface area contributed by atoms with Gasteiger partial charge in [-0.3, -0.25) is 4.79 Å². The van der Waals surface area contributed by atoms with Crippen LogP contribution in [0.15, 0.2) is 48.6 Å². The number of unbranched alkanes of at least 4 members (excludes halogenated alkanes) is 13. The summed E-state index contributed by atoms with van der Waals surface area (Å²) < 4.78 is 5.36. The Hall–Kier alpha value is -1.57. The number of hydrogen-bond donors (Lipinski definition) is 0. The second kappa shape index (κ2) is 29.5. The molecule has 0 saturated carbocycles. The van der Waals surface area contributed by atoms with Gasteiger partial charge in [-0.25, -0.2) is 0 Å². The minimum absolute atomic E-state index is 0.0354. The van der Waals surface area contributed by atoms with Gasteiger partial charge in [0.15, 0.2) is 0 Å². The van der Waals surface area contributed by atoms with Crippen LogP contribution in [0.2, 0.25) is 0 Å². The molecule has 0 aromatic rings. The summed E-state index contributed by atoms with van der Waals surface area (Å²) in [5.41, 5.74) is 0. The van der Waals surface area contributed by atoms with Crippen LogP contribution in [0, 0.1) is 0 Å². The molecular formula is C32H56O2. The van der Waals surface area contributed by atoms with Crippen LogP contribution in [0.5, 0.6) is 0 Å². The van der Waals surface area contributed by atoms with Crippen LogP contribution in [0.1, 0.15) is 142 Å². The number of carbonyl (C=O) groups is 1. The normalized spacial score (nSPS) is 12.2. The van der Waals surface area contributed by atoms with Crippen LogP contribution in [-0.4, -0.2) is 12.6 Å². The fourth-order valence-corrected chi connectivity index (χ4v) is 3.77. The first kappa shape index (κ1) is 32.4. The number of esters is 1. The second-order valence-corrected chi connectivity index (χ2v) is 9.38. The van der Waals surface area contributed by atoms with Crippen molar-refractivity contribution in [2.75, 3.05) is 6.61 Å². The minimum Gasteiger partial charge on any atom is -0.466 e. The summed E-state index contributed by atoms with van der Waals surface area (Å²) in [6, 6.07) is 0. The third-order valence-electron chi connectivity index (χ3n) is 5.97. The summed E-state index contributed by atoms with van der Waals surface area (Å²) in [5, 5.41) is 0. The Morgan fingerprint density at radius 2 is 0.912 bits per heavy atom. The fourth-order valence-electron chi connectivity index (χ4n) is 3.77. The van der Waals surface area contributed by atoms with Crippen molar-refractivity contribution in [3.05, 3.63) is 48.6 Å². The molecule has 0 aliphatic heterocycles. The van der Waals surface area contributed by atoms with Gasteiger partial charge in [-0.1, -0.05) is 133 Å². The minimum atomic E-state index is -0.0354. The van der Waals surface area contributed by atoms with E-state index in [0.717, 1.165) is 38.5 Å². The van der Waals surface area contributed by atoms with Gasteiger partial charge < -0.3 is 4.74 Å². The summed E-state index contributed by atoms with van der Waals surface area (Å²) in [7, 11) is 0. The number of hydrogen-bond acceptors (Lipinski definition) is 2. The predicted molar refractivity (Wildman–Crippen MR) is 151 cm³/mol. The van der Waals surface area contributed by atoms with Gasteiger partial charge in [0.25, 0.3) is 0 Å². The first-order valence-electron chi connectivity index (χ1n) is 14.6. The Labute approximate surface area is 213 Å². The fraction of sp³-hybridized carbons (Fsp3) is 0.719. The Balaban J connectivity index is 3.39. The third-order valence-corrected chi connectivity index (χ3v) is 5.97. The third kappa shape index (κ3) is 28.5. The average molecular weight is 473 g/mol. The molecule has 0 N–H and O–H groups in total. The molecule has 0 atom stereocenters. The van der Waals surface area contributed by atoms with Crippen molar-refractivity contribution in [3.63, 3.8) is 0 Å². The number of carbonyl (C=O) groups excluding carboxylic acids is 1. The van der Waals surface area contributed by atoms with Crippen LogP contribution in [-0.2, 0) is 9.53 Å². The highest BCUT2D eigenvalue weighted by Gasteiger charge is 2.01. The zero-order valence-electron chi connectivity index (χ0n) is 22.8. The van der Waals surface area contributed by atoms with Gasteiger partial charge in [-0.2, -0.15) is 0 Å². The maximum atomic E-state index is 11.8. The second-order valence-electron chi connectivity index (χ2n) is 9.38. The number of rotatable bonds is 25. The van der Waals surface area contributed by atoms with E-state index in [9.17, 15) is 4.79 Å². The van der Waals surface area contributed by atoms with Crippen molar-refractivity contribution >= 4 is 5.97 Å². The molecule has 0 rings (SSSR count). The van der Waals surface area contributed by atoms with E-state index >= 15 is 0 Å². The molecule has 0 aromatic carbocycles. The quantitative estimate of drug-likeness (QED) is 0.0750. The van der Waals surface area contributed by atoms with Crippen molar-refractivity contribution in [3.8, 4) is 0 Å². The van der Waals surface area contributed by atoms with Crippen molar-refractivity contribution in [1.82, 2.24) is 0 Å². The topological polar surface area (TPSA) is 26.3 Å². The smallest absolute Gasteiger partial charge is 0.305 e. The monoisotopic (exact) mass is 472 g/mol. The summed E-state index contributed by atoms with van der Waals surface area (Å²) in [6.45, 7) is 5.11. The predicted octanol–water partition coefficient (Wildman–Crippen LogP) is 10.6. The van der Waals surface area contributed by atoms with E-state index < -0.39 is 0 Å². The lowest BCUT2D eigenvalue weighted by Gasteiger charge is -2.05. The van der Waals surface area contributed by atoms with Gasteiger partial charge in [-0.15, -0.1) is 0 Å². The van der Waals surface area contributed by atoms with Crippen LogP contribution in [0.25, 0.3) is 0 Å². The summed E-state index contributed by atoms with van der Waals surface area (Å²) >= 11 is 0. The Morgan fingerprint density at radius 1 is 0.500 bits per heavy atom. The lowest BCUT2D eigenvalue weighted by atomic mass is 10.1. The highest BCUT2D eigenvalue weighted by atomic mass is 16.5. The van der Waals surface area contributed by atoms with Crippen molar-refractivity contribution in [2.24, 2.45) is 0 Å². The van der Waals surface area contributed by atoms with Crippen molar-refractivity contribution in [1.29, 1.82) is 0 Å². The molecule has 0 fully saturated rings. The van der Waals surface area contributed by atoms with Crippen LogP contribution in [0.4, 0.5) is 0 Å². The standard InChI is InChI=1S/C32H56O2/c1-3-5-7-9-11-13-15-16-17-18-19-20-21-22-24-26-28-30-32(33)34-31-29-27-25-23-14-12-10-8-6-4-2/h11,13,16-17,19-20,22,24H,3-10,12,14-15,18,21,23,25-31H2,1-2H3. The largest absolute Gasteiger partial charge is 0.466 e.